The third-order valence-corrected chi connectivity index (χ3v) is 5.55. The maximum Gasteiger partial charge on any atom is 0.279 e. The van der Waals surface area contributed by atoms with E-state index >= 15 is 0 Å². The van der Waals surface area contributed by atoms with E-state index in [-0.39, 0.29) is 36.6 Å². The summed E-state index contributed by atoms with van der Waals surface area (Å²) in [7, 11) is 1.78. The molecule has 3 amide bonds. The average molecular weight is 420 g/mol. The van der Waals surface area contributed by atoms with Crippen LogP contribution in [0.3, 0.4) is 0 Å². The van der Waals surface area contributed by atoms with E-state index in [0.29, 0.717) is 36.7 Å². The Morgan fingerprint density at radius 1 is 1.03 bits per heavy atom. The van der Waals surface area contributed by atoms with Gasteiger partial charge in [0.15, 0.2) is 13.1 Å². The Bertz CT molecular complexity index is 849. The van der Waals surface area contributed by atoms with Crippen LogP contribution in [0.25, 0.3) is 0 Å². The van der Waals surface area contributed by atoms with E-state index in [9.17, 15) is 18.8 Å². The molecule has 154 valence electrons. The normalized spacial score (nSPS) is 15.1. The van der Waals surface area contributed by atoms with Crippen LogP contribution < -0.4 is 10.2 Å². The lowest BCUT2D eigenvalue weighted by molar-refractivity contribution is -0.862. The van der Waals surface area contributed by atoms with Crippen LogP contribution >= 0.6 is 11.3 Å². The molecule has 0 saturated carbocycles. The lowest BCUT2D eigenvalue weighted by atomic mass is 10.2. The fourth-order valence-corrected chi connectivity index (χ4v) is 3.85. The summed E-state index contributed by atoms with van der Waals surface area (Å²) in [5.41, 5.74) is 0.516. The summed E-state index contributed by atoms with van der Waals surface area (Å²) >= 11 is 1.42. The van der Waals surface area contributed by atoms with Crippen molar-refractivity contribution in [2.45, 2.75) is 0 Å². The van der Waals surface area contributed by atoms with E-state index in [1.807, 2.05) is 11.4 Å². The summed E-state index contributed by atoms with van der Waals surface area (Å²) in [6, 6.07) is 9.19. The fourth-order valence-electron chi connectivity index (χ4n) is 3.16. The second-order valence-electron chi connectivity index (χ2n) is 7.02. The van der Waals surface area contributed by atoms with E-state index in [1.165, 1.54) is 35.6 Å². The summed E-state index contributed by atoms with van der Waals surface area (Å²) in [5.74, 6) is -0.644. The van der Waals surface area contributed by atoms with Crippen molar-refractivity contribution >= 4 is 34.7 Å². The molecule has 9 heteroatoms. The molecule has 2 heterocycles. The van der Waals surface area contributed by atoms with Gasteiger partial charge in [-0.2, -0.15) is 0 Å². The van der Waals surface area contributed by atoms with Crippen molar-refractivity contribution in [2.24, 2.45) is 0 Å². The molecule has 0 radical (unpaired) electrons. The highest BCUT2D eigenvalue weighted by Gasteiger charge is 2.27. The van der Waals surface area contributed by atoms with E-state index in [1.54, 1.807) is 22.9 Å². The molecule has 1 saturated heterocycles. The van der Waals surface area contributed by atoms with Crippen LogP contribution in [-0.2, 0) is 9.59 Å². The van der Waals surface area contributed by atoms with Crippen molar-refractivity contribution in [3.8, 4) is 0 Å². The van der Waals surface area contributed by atoms with Gasteiger partial charge in [0.25, 0.3) is 17.7 Å². The lowest BCUT2D eigenvalue weighted by Crippen LogP contribution is -3.11. The Hall–Kier alpha value is -2.78. The standard InChI is InChI=1S/C20H23FN4O3S/c1-23(13-18(26)22-16-6-4-15(21)5-7-16)14-19(27)24-8-10-25(11-9-24)20(28)17-3-2-12-29-17/h2-7,12H,8-11,13-14H2,1H3,(H,22,26)/p+1. The van der Waals surface area contributed by atoms with Gasteiger partial charge in [0.1, 0.15) is 5.82 Å². The second-order valence-corrected chi connectivity index (χ2v) is 7.96. The number of piperazine rings is 1. The van der Waals surface area contributed by atoms with Crippen molar-refractivity contribution in [1.29, 1.82) is 0 Å². The number of hydrogen-bond acceptors (Lipinski definition) is 4. The van der Waals surface area contributed by atoms with Crippen LogP contribution in [0, 0.1) is 5.82 Å². The molecule has 0 bridgehead atoms. The first-order chi connectivity index (χ1) is 13.9. The summed E-state index contributed by atoms with van der Waals surface area (Å²) in [6.07, 6.45) is 0. The largest absolute Gasteiger partial charge is 0.334 e. The zero-order valence-electron chi connectivity index (χ0n) is 16.2. The van der Waals surface area contributed by atoms with Crippen molar-refractivity contribution in [2.75, 3.05) is 51.6 Å². The monoisotopic (exact) mass is 419 g/mol. The van der Waals surface area contributed by atoms with Gasteiger partial charge >= 0.3 is 0 Å². The molecule has 29 heavy (non-hydrogen) atoms. The van der Waals surface area contributed by atoms with Gasteiger partial charge in [0, 0.05) is 31.9 Å². The highest BCUT2D eigenvalue weighted by molar-refractivity contribution is 7.12. The molecule has 0 spiro atoms. The van der Waals surface area contributed by atoms with Crippen molar-refractivity contribution in [3.63, 3.8) is 0 Å². The molecule has 1 unspecified atom stereocenters. The van der Waals surface area contributed by atoms with Crippen molar-refractivity contribution in [1.82, 2.24) is 9.80 Å². The van der Waals surface area contributed by atoms with Gasteiger partial charge in [0.05, 0.1) is 11.9 Å². The van der Waals surface area contributed by atoms with Gasteiger partial charge in [-0.1, -0.05) is 6.07 Å². The molecule has 1 aliphatic heterocycles. The number of nitrogens with one attached hydrogen (secondary N) is 2. The third-order valence-electron chi connectivity index (χ3n) is 4.69. The van der Waals surface area contributed by atoms with Crippen LogP contribution in [0.5, 0.6) is 0 Å². The molecule has 1 aromatic carbocycles. The molecule has 1 aromatic heterocycles. The SMILES string of the molecule is C[NH+](CC(=O)Nc1ccc(F)cc1)CC(=O)N1CCN(C(=O)c2cccs2)CC1. The van der Waals surface area contributed by atoms with Crippen LogP contribution in [0.1, 0.15) is 9.67 Å². The summed E-state index contributed by atoms with van der Waals surface area (Å²) in [4.78, 5) is 42.0. The lowest BCUT2D eigenvalue weighted by Gasteiger charge is -2.34. The van der Waals surface area contributed by atoms with Gasteiger partial charge in [-0.3, -0.25) is 14.4 Å². The highest BCUT2D eigenvalue weighted by Crippen LogP contribution is 2.13. The predicted octanol–water partition coefficient (Wildman–Crippen LogP) is 0.325. The maximum atomic E-state index is 12.9. The Morgan fingerprint density at radius 3 is 2.31 bits per heavy atom. The third kappa shape index (κ3) is 5.85. The van der Waals surface area contributed by atoms with Crippen molar-refractivity contribution in [3.05, 3.63) is 52.5 Å². The quantitative estimate of drug-likeness (QED) is 0.709. The number of benzene rings is 1. The number of hydrogen-bond donors (Lipinski definition) is 2. The molecule has 3 rings (SSSR count). The first kappa shape index (κ1) is 20.9. The van der Waals surface area contributed by atoms with Crippen LogP contribution in [0.4, 0.5) is 10.1 Å². The van der Waals surface area contributed by atoms with Gasteiger partial charge in [-0.15, -0.1) is 11.3 Å². The zero-order valence-corrected chi connectivity index (χ0v) is 17.0. The number of quaternary nitrogens is 1. The Labute approximate surface area is 172 Å². The number of nitrogens with zero attached hydrogens (tertiary/aromatic N) is 2. The van der Waals surface area contributed by atoms with Crippen molar-refractivity contribution < 1.29 is 23.7 Å². The maximum absolute atomic E-state index is 12.9. The Balaban J connectivity index is 1.41. The number of carbonyl (C=O) groups excluding carboxylic acids is 3. The number of rotatable bonds is 6. The van der Waals surface area contributed by atoms with E-state index < -0.39 is 0 Å². The summed E-state index contributed by atoms with van der Waals surface area (Å²) in [5, 5.41) is 4.56. The minimum atomic E-state index is -0.367. The number of anilines is 1. The topological polar surface area (TPSA) is 74.2 Å². The fraction of sp³-hybridized carbons (Fsp3) is 0.350. The molecule has 0 aliphatic carbocycles. The first-order valence-electron chi connectivity index (χ1n) is 9.39. The highest BCUT2D eigenvalue weighted by atomic mass is 32.1. The number of carbonyl (C=O) groups is 3. The molecule has 7 nitrogen and oxygen atoms in total. The smallest absolute Gasteiger partial charge is 0.279 e. The van der Waals surface area contributed by atoms with Gasteiger partial charge in [-0.05, 0) is 35.7 Å². The summed E-state index contributed by atoms with van der Waals surface area (Å²) in [6.45, 7) is 2.31. The molecule has 1 aliphatic rings. The Morgan fingerprint density at radius 2 is 1.69 bits per heavy atom. The van der Waals surface area contributed by atoms with E-state index in [2.05, 4.69) is 5.32 Å². The van der Waals surface area contributed by atoms with Crippen LogP contribution in [0.15, 0.2) is 41.8 Å². The molecule has 1 fully saturated rings. The number of likely N-dealkylation sites (N-methyl/N-ethyl adjacent to an activating group) is 1. The first-order valence-corrected chi connectivity index (χ1v) is 10.3. The van der Waals surface area contributed by atoms with E-state index in [4.69, 9.17) is 0 Å². The Kier molecular flexibility index (Phi) is 6.95. The number of halogens is 1. The molecular formula is C20H24FN4O3S+. The van der Waals surface area contributed by atoms with Crippen LogP contribution in [-0.4, -0.2) is 73.8 Å². The number of amides is 3. The van der Waals surface area contributed by atoms with E-state index in [0.717, 1.165) is 4.90 Å². The van der Waals surface area contributed by atoms with Gasteiger partial charge in [0.2, 0.25) is 0 Å². The predicted molar refractivity (Wildman–Crippen MR) is 108 cm³/mol. The average Bonchev–Trinajstić information content (AvgIpc) is 3.24. The number of thiophene rings is 1. The van der Waals surface area contributed by atoms with Crippen LogP contribution in [0.2, 0.25) is 0 Å². The molecule has 2 N–H and O–H groups in total. The van der Waals surface area contributed by atoms with Gasteiger partial charge < -0.3 is 20.0 Å². The molecule has 1 atom stereocenters. The molecular weight excluding hydrogens is 395 g/mol. The minimum absolute atomic E-state index is 0.00677. The summed E-state index contributed by atoms with van der Waals surface area (Å²) < 4.78 is 12.9. The minimum Gasteiger partial charge on any atom is -0.334 e. The zero-order chi connectivity index (χ0) is 20.8. The molecule has 2 aromatic rings. The second kappa shape index (κ2) is 9.62. The van der Waals surface area contributed by atoms with Gasteiger partial charge in [-0.25, -0.2) is 4.39 Å².